The van der Waals surface area contributed by atoms with Crippen LogP contribution in [0.5, 0.6) is 0 Å². The number of nitrogens with zero attached hydrogens (tertiary/aromatic N) is 8. The molecule has 0 aliphatic carbocycles. The summed E-state index contributed by atoms with van der Waals surface area (Å²) in [5, 5.41) is 27.3. The summed E-state index contributed by atoms with van der Waals surface area (Å²) in [6.45, 7) is 14.1. The Balaban J connectivity index is 0.000000179. The second-order valence-corrected chi connectivity index (χ2v) is 31.8. The SMILES string of the molecule is CC(=O)c1c(C)c(/C=C/CCS(C)(=O)=O)n(-c2ccc(C#N)cc2)c1C.Cc1c(C(=O)CN2C3CCC2CC3)c(C)n(-c2ccc(C#N)cc2)c1/C=C/CCS(C)(=O)=O.Cc1c(C(=O)CN2C3CCC2CC3)c(C)n(-c2ccc(C#N)cc2)c1/C=C\CCS(C)(=O)=O. The first-order valence-corrected chi connectivity index (χ1v) is 37.5. The summed E-state index contributed by atoms with van der Waals surface area (Å²) in [4.78, 5) is 43.9. The molecule has 10 rings (SSSR count). The van der Waals surface area contributed by atoms with Crippen LogP contribution in [-0.4, -0.2) is 139 Å². The number of rotatable bonds is 22. The Morgan fingerprint density at radius 3 is 0.891 bits per heavy atom. The van der Waals surface area contributed by atoms with Gasteiger partial charge in [0.2, 0.25) is 0 Å². The normalized spacial score (nSPS) is 18.0. The molecule has 0 unspecified atom stereocenters. The van der Waals surface area contributed by atoms with Gasteiger partial charge in [0.25, 0.3) is 0 Å². The monoisotopic (exact) mass is 1300 g/mol. The van der Waals surface area contributed by atoms with Crippen LogP contribution in [0.2, 0.25) is 0 Å². The zero-order chi connectivity index (χ0) is 67.0. The highest BCUT2D eigenvalue weighted by molar-refractivity contribution is 7.91. The van der Waals surface area contributed by atoms with Gasteiger partial charge >= 0.3 is 0 Å². The number of carbonyl (C=O) groups excluding carboxylic acids is 3. The van der Waals surface area contributed by atoms with Gasteiger partial charge in [-0.3, -0.25) is 24.2 Å². The lowest BCUT2D eigenvalue weighted by atomic mass is 10.0. The molecule has 6 aromatic rings. The van der Waals surface area contributed by atoms with Crippen molar-refractivity contribution in [2.45, 2.75) is 143 Å². The topological polar surface area (TPSA) is 246 Å². The molecule has 0 amide bonds. The molecule has 3 aromatic heterocycles. The van der Waals surface area contributed by atoms with Crippen molar-refractivity contribution in [1.29, 1.82) is 15.8 Å². The largest absolute Gasteiger partial charge is 0.313 e. The van der Waals surface area contributed by atoms with Gasteiger partial charge in [-0.15, -0.1) is 0 Å². The van der Waals surface area contributed by atoms with Crippen LogP contribution in [0.25, 0.3) is 35.3 Å². The number of nitriles is 3. The summed E-state index contributed by atoms with van der Waals surface area (Å²) in [7, 11) is -9.10. The summed E-state index contributed by atoms with van der Waals surface area (Å²) >= 11 is 0. The summed E-state index contributed by atoms with van der Waals surface area (Å²) in [6, 6.07) is 30.3. The first-order chi connectivity index (χ1) is 43.5. The first kappa shape index (κ1) is 69.9. The number of hydrogen-bond donors (Lipinski definition) is 0. The van der Waals surface area contributed by atoms with Gasteiger partial charge in [-0.05, 0) is 227 Å². The quantitative estimate of drug-likeness (QED) is 0.0574. The van der Waals surface area contributed by atoms with E-state index in [1.54, 1.807) is 36.4 Å². The van der Waals surface area contributed by atoms with Crippen molar-refractivity contribution in [3.8, 4) is 35.3 Å². The standard InChI is InChI=1S/2C26H31N3O3S.C20H22N2O3S/c2*1-18-24(6-4-5-15-33(3,31)32)29(23-9-7-20(16-27)8-10-23)19(2)26(18)25(30)17-28-21-11-12-22(28)14-13-21;1-14-19(7-5-6-12-26(4,24)25)22(15(2)20(14)16(3)23)18-10-8-17(13-21)9-11-18/h2*4,6-10,21-22H,5,11-15,17H2,1-3H3;5,7-11H,6,12H2,1-4H3/b6-4+;6-4-;7-5+. The second kappa shape index (κ2) is 29.7. The van der Waals surface area contributed by atoms with Crippen molar-refractivity contribution in [3.05, 3.63) is 175 Å². The number of aromatic nitrogens is 3. The van der Waals surface area contributed by atoms with E-state index in [9.17, 15) is 39.6 Å². The number of ketones is 3. The summed E-state index contributed by atoms with van der Waals surface area (Å²) in [5.41, 5.74) is 14.3. The van der Waals surface area contributed by atoms with E-state index in [1.807, 2.05) is 128 Å². The average Bonchev–Trinajstić information content (AvgIpc) is 1.64. The Kier molecular flexibility index (Phi) is 22.6. The predicted octanol–water partition coefficient (Wildman–Crippen LogP) is 12.1. The van der Waals surface area contributed by atoms with Gasteiger partial charge in [0.1, 0.15) is 29.5 Å². The molecule has 4 bridgehead atoms. The molecular weight excluding hydrogens is 1220 g/mol. The summed E-state index contributed by atoms with van der Waals surface area (Å²) < 4.78 is 74.7. The van der Waals surface area contributed by atoms with Crippen LogP contribution in [0.1, 0.15) is 176 Å². The molecule has 4 aliphatic heterocycles. The maximum Gasteiger partial charge on any atom is 0.178 e. The van der Waals surface area contributed by atoms with E-state index in [2.05, 4.69) is 28.0 Å². The van der Waals surface area contributed by atoms with Crippen molar-refractivity contribution >= 4 is 65.1 Å². The van der Waals surface area contributed by atoms with Crippen LogP contribution in [0.4, 0.5) is 0 Å². The molecule has 0 N–H and O–H groups in total. The second-order valence-electron chi connectivity index (χ2n) is 25.0. The minimum atomic E-state index is -3.04. The van der Waals surface area contributed by atoms with E-state index < -0.39 is 29.5 Å². The van der Waals surface area contributed by atoms with Gasteiger partial charge in [-0.1, -0.05) is 18.2 Å². The van der Waals surface area contributed by atoms with Crippen molar-refractivity contribution in [3.63, 3.8) is 0 Å². The minimum Gasteiger partial charge on any atom is -0.313 e. The molecule has 4 fully saturated rings. The van der Waals surface area contributed by atoms with Gasteiger partial charge in [0, 0.05) is 111 Å². The van der Waals surface area contributed by atoms with Crippen LogP contribution in [0, 0.1) is 75.5 Å². The Bertz CT molecular complexity index is 4120. The molecule has 20 heteroatoms. The smallest absolute Gasteiger partial charge is 0.178 e. The highest BCUT2D eigenvalue weighted by Gasteiger charge is 2.42. The van der Waals surface area contributed by atoms with Crippen LogP contribution in [0.15, 0.2) is 91.0 Å². The third kappa shape index (κ3) is 16.6. The number of hydrogen-bond acceptors (Lipinski definition) is 14. The molecule has 7 heterocycles. The first-order valence-electron chi connectivity index (χ1n) is 31.3. The molecule has 0 saturated carbocycles. The Morgan fingerprint density at radius 2 is 0.663 bits per heavy atom. The van der Waals surface area contributed by atoms with Gasteiger partial charge in [-0.25, -0.2) is 25.3 Å². The van der Waals surface area contributed by atoms with Gasteiger partial charge < -0.3 is 13.7 Å². The van der Waals surface area contributed by atoms with E-state index in [4.69, 9.17) is 15.8 Å². The number of allylic oxidation sites excluding steroid dienone is 3. The lowest BCUT2D eigenvalue weighted by molar-refractivity contribution is 0.0910. The van der Waals surface area contributed by atoms with Gasteiger partial charge in [0.15, 0.2) is 17.3 Å². The van der Waals surface area contributed by atoms with Gasteiger partial charge in [0.05, 0.1) is 65.2 Å². The average molecular weight is 1300 g/mol. The van der Waals surface area contributed by atoms with E-state index in [-0.39, 0.29) is 34.6 Å². The van der Waals surface area contributed by atoms with Crippen LogP contribution in [0.3, 0.4) is 0 Å². The maximum absolute atomic E-state index is 13.5. The van der Waals surface area contributed by atoms with Gasteiger partial charge in [-0.2, -0.15) is 15.8 Å². The Hall–Kier alpha value is -8.03. The Morgan fingerprint density at radius 1 is 0.424 bits per heavy atom. The highest BCUT2D eigenvalue weighted by Crippen LogP contribution is 2.40. The number of fused-ring (bicyclic) bond motifs is 4. The number of sulfone groups is 3. The number of carbonyl (C=O) groups is 3. The molecule has 0 spiro atoms. The zero-order valence-corrected chi connectivity index (χ0v) is 56.9. The number of benzene rings is 3. The van der Waals surface area contributed by atoms with E-state index in [0.717, 1.165) is 79.0 Å². The minimum absolute atomic E-state index is 0.0156. The highest BCUT2D eigenvalue weighted by atomic mass is 32.2. The van der Waals surface area contributed by atoms with E-state index in [1.165, 1.54) is 77.1 Å². The molecule has 4 aliphatic rings. The summed E-state index contributed by atoms with van der Waals surface area (Å²) in [6.07, 6.45) is 25.7. The Labute approximate surface area is 543 Å². The van der Waals surface area contributed by atoms with Crippen LogP contribution >= 0.6 is 0 Å². The third-order valence-electron chi connectivity index (χ3n) is 18.4. The molecule has 4 saturated heterocycles. The maximum atomic E-state index is 13.5. The molecule has 0 radical (unpaired) electrons. The van der Waals surface area contributed by atoms with E-state index in [0.29, 0.717) is 78.8 Å². The van der Waals surface area contributed by atoms with Crippen LogP contribution < -0.4 is 0 Å². The fourth-order valence-electron chi connectivity index (χ4n) is 14.0. The molecule has 484 valence electrons. The zero-order valence-electron chi connectivity index (χ0n) is 54.5. The van der Waals surface area contributed by atoms with Crippen molar-refractivity contribution in [2.24, 2.45) is 0 Å². The lowest BCUT2D eigenvalue weighted by Crippen LogP contribution is -2.34. The fraction of sp³-hybridized carbons (Fsp3) is 0.417. The number of Topliss-reactive ketones (excluding diaryl/α,β-unsaturated/α-hetero) is 3. The van der Waals surface area contributed by atoms with Crippen molar-refractivity contribution in [2.75, 3.05) is 49.1 Å². The van der Waals surface area contributed by atoms with Crippen LogP contribution in [-0.2, 0) is 29.5 Å². The molecule has 17 nitrogen and oxygen atoms in total. The van der Waals surface area contributed by atoms with Crippen molar-refractivity contribution in [1.82, 2.24) is 23.5 Å². The lowest BCUT2D eigenvalue weighted by Gasteiger charge is -2.20. The molecule has 0 atom stereocenters. The summed E-state index contributed by atoms with van der Waals surface area (Å²) in [5.74, 6) is 0.520. The fourth-order valence-corrected chi connectivity index (χ4v) is 15.7. The molecule has 92 heavy (non-hydrogen) atoms. The predicted molar refractivity (Wildman–Crippen MR) is 364 cm³/mol. The third-order valence-corrected chi connectivity index (χ3v) is 21.4. The molecule has 3 aromatic carbocycles. The molecular formula is C72H84N8O9S3. The van der Waals surface area contributed by atoms with E-state index >= 15 is 0 Å². The van der Waals surface area contributed by atoms with Crippen molar-refractivity contribution < 1.29 is 39.6 Å².